The molecule has 2 fully saturated rings. The maximum Gasteiger partial charge on any atom is 0.232 e. The van der Waals surface area contributed by atoms with Crippen molar-refractivity contribution in [2.75, 3.05) is 19.6 Å². The molecule has 1 aromatic heterocycles. The van der Waals surface area contributed by atoms with Crippen molar-refractivity contribution >= 4 is 5.91 Å². The van der Waals surface area contributed by atoms with Crippen LogP contribution < -0.4 is 0 Å². The van der Waals surface area contributed by atoms with Gasteiger partial charge in [0.25, 0.3) is 0 Å². The Morgan fingerprint density at radius 1 is 1.40 bits per heavy atom. The summed E-state index contributed by atoms with van der Waals surface area (Å²) < 4.78 is 2.06. The number of carbonyl (C=O) groups is 1. The van der Waals surface area contributed by atoms with Gasteiger partial charge in [0.05, 0.1) is 17.4 Å². The summed E-state index contributed by atoms with van der Waals surface area (Å²) in [4.78, 5) is 21.1. The Bertz CT molecular complexity index is 510. The van der Waals surface area contributed by atoms with Gasteiger partial charge in [0.15, 0.2) is 0 Å². The van der Waals surface area contributed by atoms with Crippen molar-refractivity contribution in [1.82, 2.24) is 19.4 Å². The average molecular weight is 276 g/mol. The lowest BCUT2D eigenvalue weighted by Gasteiger charge is -2.54. The summed E-state index contributed by atoms with van der Waals surface area (Å²) in [5, 5.41) is 0. The molecule has 1 atom stereocenters. The molecule has 2 saturated heterocycles. The molecular formula is C15H24N4O. The molecule has 2 aliphatic rings. The van der Waals surface area contributed by atoms with Gasteiger partial charge in [0.1, 0.15) is 0 Å². The Morgan fingerprint density at radius 3 is 2.80 bits per heavy atom. The zero-order valence-corrected chi connectivity index (χ0v) is 12.7. The van der Waals surface area contributed by atoms with Gasteiger partial charge in [-0.2, -0.15) is 0 Å². The molecule has 3 heterocycles. The molecule has 20 heavy (non-hydrogen) atoms. The first kappa shape index (κ1) is 13.6. The molecule has 0 radical (unpaired) electrons. The second-order valence-electron chi connectivity index (χ2n) is 6.62. The minimum atomic E-state index is -0.0961. The molecule has 0 bridgehead atoms. The number of carbonyl (C=O) groups excluding carboxylic acids is 1. The van der Waals surface area contributed by atoms with Crippen LogP contribution in [0.3, 0.4) is 0 Å². The van der Waals surface area contributed by atoms with E-state index in [9.17, 15) is 4.79 Å². The van der Waals surface area contributed by atoms with Crippen LogP contribution in [0.25, 0.3) is 0 Å². The van der Waals surface area contributed by atoms with Gasteiger partial charge in [-0.05, 0) is 33.2 Å². The van der Waals surface area contributed by atoms with E-state index in [1.54, 1.807) is 0 Å². The van der Waals surface area contributed by atoms with Gasteiger partial charge in [-0.1, -0.05) is 0 Å². The van der Waals surface area contributed by atoms with Crippen molar-refractivity contribution in [3.8, 4) is 0 Å². The van der Waals surface area contributed by atoms with Gasteiger partial charge in [0.2, 0.25) is 5.91 Å². The highest BCUT2D eigenvalue weighted by atomic mass is 16.2. The summed E-state index contributed by atoms with van der Waals surface area (Å²) in [5.41, 5.74) is 1.12. The number of imidazole rings is 1. The second kappa shape index (κ2) is 4.88. The molecular weight excluding hydrogens is 252 g/mol. The molecule has 2 aliphatic heterocycles. The fourth-order valence-electron chi connectivity index (χ4n) is 3.53. The van der Waals surface area contributed by atoms with Gasteiger partial charge in [0, 0.05) is 38.9 Å². The van der Waals surface area contributed by atoms with Crippen LogP contribution in [0.5, 0.6) is 0 Å². The smallest absolute Gasteiger partial charge is 0.232 e. The molecule has 1 aromatic rings. The van der Waals surface area contributed by atoms with Crippen LogP contribution in [0, 0.1) is 5.41 Å². The summed E-state index contributed by atoms with van der Waals surface area (Å²) in [5.74, 6) is 0.363. The lowest BCUT2D eigenvalue weighted by Crippen LogP contribution is -2.68. The zero-order valence-electron chi connectivity index (χ0n) is 12.7. The number of hydrogen-bond acceptors (Lipinski definition) is 3. The minimum absolute atomic E-state index is 0.0961. The van der Waals surface area contributed by atoms with E-state index in [0.717, 1.165) is 39.0 Å². The Balaban J connectivity index is 1.66. The SMILES string of the molecule is CC(C)N1C[C@]2(CCCN(Cc3cncn3C)C2)C1=O. The van der Waals surface area contributed by atoms with E-state index in [-0.39, 0.29) is 5.41 Å². The lowest BCUT2D eigenvalue weighted by atomic mass is 9.71. The van der Waals surface area contributed by atoms with Crippen LogP contribution in [-0.2, 0) is 18.4 Å². The third-order valence-corrected chi connectivity index (χ3v) is 4.77. The third-order valence-electron chi connectivity index (χ3n) is 4.77. The Hall–Kier alpha value is -1.36. The van der Waals surface area contributed by atoms with Gasteiger partial charge < -0.3 is 9.47 Å². The molecule has 1 amide bonds. The van der Waals surface area contributed by atoms with Crippen molar-refractivity contribution < 1.29 is 4.79 Å². The number of piperidine rings is 1. The summed E-state index contributed by atoms with van der Waals surface area (Å²) in [7, 11) is 2.02. The number of nitrogens with zero attached hydrogens (tertiary/aromatic N) is 4. The second-order valence-corrected chi connectivity index (χ2v) is 6.62. The highest BCUT2D eigenvalue weighted by molar-refractivity contribution is 5.89. The molecule has 5 heteroatoms. The first-order valence-electron chi connectivity index (χ1n) is 7.50. The summed E-state index contributed by atoms with van der Waals surface area (Å²) in [6.45, 7) is 8.02. The standard InChI is InChI=1S/C15H24N4O/c1-12(2)19-10-15(14(19)20)5-4-6-18(9-15)8-13-7-16-11-17(13)3/h7,11-12H,4-6,8-10H2,1-3H3/t15-/m1/s1. The quantitative estimate of drug-likeness (QED) is 0.780. The van der Waals surface area contributed by atoms with E-state index in [1.165, 1.54) is 5.69 Å². The van der Waals surface area contributed by atoms with Crippen molar-refractivity contribution in [3.63, 3.8) is 0 Å². The third kappa shape index (κ3) is 2.14. The summed E-state index contributed by atoms with van der Waals surface area (Å²) in [6, 6.07) is 0.334. The molecule has 5 nitrogen and oxygen atoms in total. The number of β-lactam (4-membered cyclic amide) rings is 1. The van der Waals surface area contributed by atoms with Crippen molar-refractivity contribution in [1.29, 1.82) is 0 Å². The number of amides is 1. The Labute approximate surface area is 120 Å². The number of rotatable bonds is 3. The van der Waals surface area contributed by atoms with Gasteiger partial charge in [-0.25, -0.2) is 4.98 Å². The lowest BCUT2D eigenvalue weighted by molar-refractivity contribution is -0.169. The number of likely N-dealkylation sites (tertiary alicyclic amines) is 2. The van der Waals surface area contributed by atoms with Crippen LogP contribution in [0.15, 0.2) is 12.5 Å². The largest absolute Gasteiger partial charge is 0.339 e. The van der Waals surface area contributed by atoms with Crippen molar-refractivity contribution in [2.45, 2.75) is 39.3 Å². The van der Waals surface area contributed by atoms with Crippen molar-refractivity contribution in [2.24, 2.45) is 12.5 Å². The molecule has 110 valence electrons. The predicted octanol–water partition coefficient (Wildman–Crippen LogP) is 1.25. The zero-order chi connectivity index (χ0) is 14.3. The molecule has 3 rings (SSSR count). The predicted molar refractivity (Wildman–Crippen MR) is 77.0 cm³/mol. The highest BCUT2D eigenvalue weighted by Gasteiger charge is 2.54. The first-order valence-corrected chi connectivity index (χ1v) is 7.50. The van der Waals surface area contributed by atoms with E-state index in [0.29, 0.717) is 11.9 Å². The maximum absolute atomic E-state index is 12.5. The number of aromatic nitrogens is 2. The monoisotopic (exact) mass is 276 g/mol. The summed E-state index contributed by atoms with van der Waals surface area (Å²) >= 11 is 0. The molecule has 0 aromatic carbocycles. The number of hydrogen-bond donors (Lipinski definition) is 0. The molecule has 0 saturated carbocycles. The van der Waals surface area contributed by atoms with Crippen molar-refractivity contribution in [3.05, 3.63) is 18.2 Å². The topological polar surface area (TPSA) is 41.4 Å². The van der Waals surface area contributed by atoms with Gasteiger partial charge in [-0.15, -0.1) is 0 Å². The Morgan fingerprint density at radius 2 is 2.20 bits per heavy atom. The van der Waals surface area contributed by atoms with E-state index >= 15 is 0 Å². The van der Waals surface area contributed by atoms with Crippen LogP contribution in [0.1, 0.15) is 32.4 Å². The normalized spacial score (nSPS) is 27.4. The minimum Gasteiger partial charge on any atom is -0.339 e. The fraction of sp³-hybridized carbons (Fsp3) is 0.733. The molecule has 0 N–H and O–H groups in total. The fourth-order valence-corrected chi connectivity index (χ4v) is 3.53. The van der Waals surface area contributed by atoms with Gasteiger partial charge in [-0.3, -0.25) is 9.69 Å². The van der Waals surface area contributed by atoms with Crippen LogP contribution in [0.4, 0.5) is 0 Å². The first-order chi connectivity index (χ1) is 9.52. The van der Waals surface area contributed by atoms with Crippen LogP contribution >= 0.6 is 0 Å². The molecule has 0 aliphatic carbocycles. The number of aryl methyl sites for hydroxylation is 1. The molecule has 1 spiro atoms. The van der Waals surface area contributed by atoms with E-state index < -0.39 is 0 Å². The summed E-state index contributed by atoms with van der Waals surface area (Å²) in [6.07, 6.45) is 5.93. The maximum atomic E-state index is 12.5. The van der Waals surface area contributed by atoms with Gasteiger partial charge >= 0.3 is 0 Å². The molecule has 0 unspecified atom stereocenters. The van der Waals surface area contributed by atoms with E-state index in [1.807, 2.05) is 24.5 Å². The van der Waals surface area contributed by atoms with Crippen LogP contribution in [0.2, 0.25) is 0 Å². The van der Waals surface area contributed by atoms with Crippen LogP contribution in [-0.4, -0.2) is 50.9 Å². The van der Waals surface area contributed by atoms with E-state index in [2.05, 4.69) is 28.3 Å². The van der Waals surface area contributed by atoms with E-state index in [4.69, 9.17) is 0 Å². The highest BCUT2D eigenvalue weighted by Crippen LogP contribution is 2.41. The Kier molecular flexibility index (Phi) is 3.32. The average Bonchev–Trinajstić information content (AvgIpc) is 2.81.